The molecule has 0 bridgehead atoms. The second-order valence-electron chi connectivity index (χ2n) is 11.1. The van der Waals surface area contributed by atoms with Gasteiger partial charge in [0.25, 0.3) is 0 Å². The molecule has 0 spiro atoms. The molecule has 3 aromatic rings. The zero-order valence-corrected chi connectivity index (χ0v) is 25.6. The van der Waals surface area contributed by atoms with Gasteiger partial charge in [0.2, 0.25) is 11.8 Å². The molecule has 11 nitrogen and oxygen atoms in total. The van der Waals surface area contributed by atoms with E-state index in [0.717, 1.165) is 11.0 Å². The Morgan fingerprint density at radius 2 is 1.64 bits per heavy atom. The van der Waals surface area contributed by atoms with E-state index in [1.54, 1.807) is 30.3 Å². The zero-order chi connectivity index (χ0) is 32.7. The molecule has 1 fully saturated rings. The summed E-state index contributed by atoms with van der Waals surface area (Å²) in [4.78, 5) is 52.1. The summed E-state index contributed by atoms with van der Waals surface area (Å²) in [5.74, 6) is -3.12. The number of carbonyl (C=O) groups is 4. The fraction of sp³-hybridized carbons (Fsp3) is 0.312. The molecule has 4 amide bonds. The van der Waals surface area contributed by atoms with Gasteiger partial charge in [0.05, 0.1) is 29.2 Å². The maximum Gasteiger partial charge on any atom is 0.319 e. The van der Waals surface area contributed by atoms with Gasteiger partial charge in [-0.25, -0.2) is 17.6 Å². The van der Waals surface area contributed by atoms with Crippen molar-refractivity contribution in [1.29, 1.82) is 0 Å². The van der Waals surface area contributed by atoms with E-state index in [-0.39, 0.29) is 41.5 Å². The Hall–Kier alpha value is -4.78. The van der Waals surface area contributed by atoms with Gasteiger partial charge >= 0.3 is 12.0 Å². The third kappa shape index (κ3) is 8.04. The summed E-state index contributed by atoms with van der Waals surface area (Å²) in [7, 11) is -4.18. The van der Waals surface area contributed by atoms with Crippen molar-refractivity contribution < 1.29 is 37.1 Å². The van der Waals surface area contributed by atoms with Crippen LogP contribution >= 0.6 is 0 Å². The van der Waals surface area contributed by atoms with E-state index in [1.165, 1.54) is 42.5 Å². The topological polar surface area (TPSA) is 162 Å². The molecule has 238 valence electrons. The fourth-order valence-corrected chi connectivity index (χ4v) is 7.26. The van der Waals surface area contributed by atoms with E-state index in [9.17, 15) is 27.6 Å². The number of carboxylic acid groups (broad SMARTS) is 1. The second-order valence-corrected chi connectivity index (χ2v) is 13.3. The SMILES string of the molecule is CC(C)CNC(=O)C1CC(S(=O)(=O)c2ccccc2)C(c2ccccc2F)N1C(=O)CNC(=O)Nc1cccc(CC(=O)O)c1. The van der Waals surface area contributed by atoms with Crippen LogP contribution in [-0.2, 0) is 30.6 Å². The van der Waals surface area contributed by atoms with Gasteiger partial charge in [0.15, 0.2) is 9.84 Å². The quantitative estimate of drug-likeness (QED) is 0.250. The van der Waals surface area contributed by atoms with Gasteiger partial charge in [-0.05, 0) is 48.2 Å². The van der Waals surface area contributed by atoms with Crippen LogP contribution in [0.15, 0.2) is 83.8 Å². The summed E-state index contributed by atoms with van der Waals surface area (Å²) < 4.78 is 43.3. The molecule has 1 heterocycles. The number of aliphatic carboxylic acids is 1. The van der Waals surface area contributed by atoms with Crippen LogP contribution in [0.5, 0.6) is 0 Å². The first-order chi connectivity index (χ1) is 21.4. The number of amides is 4. The van der Waals surface area contributed by atoms with E-state index in [0.29, 0.717) is 5.56 Å². The zero-order valence-electron chi connectivity index (χ0n) is 24.8. The number of rotatable bonds is 11. The van der Waals surface area contributed by atoms with Crippen molar-refractivity contribution in [1.82, 2.24) is 15.5 Å². The minimum absolute atomic E-state index is 0.0328. The van der Waals surface area contributed by atoms with Crippen LogP contribution in [-0.4, -0.2) is 66.6 Å². The van der Waals surface area contributed by atoms with E-state index in [1.807, 2.05) is 13.8 Å². The molecule has 4 rings (SSSR count). The fourth-order valence-electron chi connectivity index (χ4n) is 5.32. The average molecular weight is 639 g/mol. The summed E-state index contributed by atoms with van der Waals surface area (Å²) in [5, 5.41) is 15.4. The Morgan fingerprint density at radius 1 is 0.956 bits per heavy atom. The predicted octanol–water partition coefficient (Wildman–Crippen LogP) is 3.53. The van der Waals surface area contributed by atoms with Crippen molar-refractivity contribution in [3.8, 4) is 0 Å². The number of anilines is 1. The van der Waals surface area contributed by atoms with Gasteiger partial charge in [0, 0.05) is 17.8 Å². The molecule has 1 aliphatic rings. The minimum Gasteiger partial charge on any atom is -0.481 e. The van der Waals surface area contributed by atoms with Gasteiger partial charge in [-0.1, -0.05) is 62.4 Å². The highest BCUT2D eigenvalue weighted by atomic mass is 32.2. The first-order valence-corrected chi connectivity index (χ1v) is 15.9. The molecule has 3 atom stereocenters. The number of halogens is 1. The molecule has 45 heavy (non-hydrogen) atoms. The minimum atomic E-state index is -4.18. The molecule has 0 radical (unpaired) electrons. The molecule has 13 heteroatoms. The van der Waals surface area contributed by atoms with Crippen molar-refractivity contribution in [3.63, 3.8) is 0 Å². The molecule has 1 aliphatic heterocycles. The lowest BCUT2D eigenvalue weighted by atomic mass is 10.0. The molecule has 0 aliphatic carbocycles. The number of sulfone groups is 1. The molecular weight excluding hydrogens is 603 g/mol. The maximum absolute atomic E-state index is 15.3. The van der Waals surface area contributed by atoms with E-state index < -0.39 is 63.3 Å². The first-order valence-electron chi connectivity index (χ1n) is 14.4. The van der Waals surface area contributed by atoms with E-state index in [2.05, 4.69) is 16.0 Å². The standard InChI is InChI=1S/C32H35FN4O7S/c1-20(2)18-34-31(41)26-17-27(45(43,44)23-11-4-3-5-12-23)30(24-13-6-7-14-25(24)33)37(26)28(38)19-35-32(42)36-22-10-8-9-21(15-22)16-29(39)40/h3-15,20,26-27,30H,16-19H2,1-2H3,(H,34,41)(H,39,40)(H2,35,36,42). The van der Waals surface area contributed by atoms with Crippen LogP contribution in [0.4, 0.5) is 14.9 Å². The lowest BCUT2D eigenvalue weighted by Gasteiger charge is -2.32. The smallest absolute Gasteiger partial charge is 0.319 e. The molecular formula is C32H35FN4O7S. The molecule has 3 unspecified atom stereocenters. The van der Waals surface area contributed by atoms with Gasteiger partial charge in [0.1, 0.15) is 11.9 Å². The Kier molecular flexibility index (Phi) is 10.6. The number of nitrogens with one attached hydrogen (secondary N) is 3. The summed E-state index contributed by atoms with van der Waals surface area (Å²) >= 11 is 0. The molecule has 3 aromatic carbocycles. The largest absolute Gasteiger partial charge is 0.481 e. The van der Waals surface area contributed by atoms with Gasteiger partial charge < -0.3 is 26.0 Å². The van der Waals surface area contributed by atoms with Crippen molar-refractivity contribution in [2.24, 2.45) is 5.92 Å². The van der Waals surface area contributed by atoms with Crippen LogP contribution in [0.25, 0.3) is 0 Å². The number of hydrogen-bond donors (Lipinski definition) is 4. The van der Waals surface area contributed by atoms with Crippen molar-refractivity contribution in [3.05, 3.63) is 95.8 Å². The van der Waals surface area contributed by atoms with Gasteiger partial charge in [-0.2, -0.15) is 0 Å². The normalized spacial score (nSPS) is 18.0. The third-order valence-corrected chi connectivity index (χ3v) is 9.53. The van der Waals surface area contributed by atoms with Crippen LogP contribution in [0.1, 0.15) is 37.4 Å². The summed E-state index contributed by atoms with van der Waals surface area (Å²) in [5.41, 5.74) is 0.653. The molecule has 4 N–H and O–H groups in total. The average Bonchev–Trinajstić information content (AvgIpc) is 3.41. The van der Waals surface area contributed by atoms with Crippen LogP contribution in [0, 0.1) is 11.7 Å². The third-order valence-electron chi connectivity index (χ3n) is 7.35. The van der Waals surface area contributed by atoms with Gasteiger partial charge in [-0.3, -0.25) is 14.4 Å². The highest BCUT2D eigenvalue weighted by Gasteiger charge is 2.53. The summed E-state index contributed by atoms with van der Waals surface area (Å²) in [6, 6.07) is 15.8. The Bertz CT molecular complexity index is 1670. The number of hydrogen-bond acceptors (Lipinski definition) is 6. The predicted molar refractivity (Wildman–Crippen MR) is 164 cm³/mol. The number of carbonyl (C=O) groups excluding carboxylic acids is 3. The Labute approximate surface area is 260 Å². The van der Waals surface area contributed by atoms with Crippen molar-refractivity contribution in [2.75, 3.05) is 18.4 Å². The highest BCUT2D eigenvalue weighted by molar-refractivity contribution is 7.92. The van der Waals surface area contributed by atoms with E-state index >= 15 is 4.39 Å². The lowest BCUT2D eigenvalue weighted by molar-refractivity contribution is -0.139. The van der Waals surface area contributed by atoms with Crippen LogP contribution < -0.4 is 16.0 Å². The number of likely N-dealkylation sites (tertiary alicyclic amines) is 1. The monoisotopic (exact) mass is 638 g/mol. The highest BCUT2D eigenvalue weighted by Crippen LogP contribution is 2.43. The second kappa shape index (κ2) is 14.3. The van der Waals surface area contributed by atoms with Gasteiger partial charge in [-0.15, -0.1) is 0 Å². The van der Waals surface area contributed by atoms with Crippen molar-refractivity contribution in [2.45, 2.75) is 48.9 Å². The Morgan fingerprint density at radius 3 is 2.31 bits per heavy atom. The first kappa shape index (κ1) is 33.1. The Balaban J connectivity index is 1.66. The van der Waals surface area contributed by atoms with E-state index in [4.69, 9.17) is 5.11 Å². The number of urea groups is 1. The number of nitrogens with zero attached hydrogens (tertiary/aromatic N) is 1. The molecule has 0 aromatic heterocycles. The molecule has 1 saturated heterocycles. The van der Waals surface area contributed by atoms with Crippen molar-refractivity contribution >= 4 is 39.3 Å². The molecule has 0 saturated carbocycles. The lowest BCUT2D eigenvalue weighted by Crippen LogP contribution is -2.50. The summed E-state index contributed by atoms with van der Waals surface area (Å²) in [6.45, 7) is 3.38. The maximum atomic E-state index is 15.3. The number of benzene rings is 3. The van der Waals surface area contributed by atoms with Crippen LogP contribution in [0.3, 0.4) is 0 Å². The number of carboxylic acids is 1. The van der Waals surface area contributed by atoms with Crippen LogP contribution in [0.2, 0.25) is 0 Å². The summed E-state index contributed by atoms with van der Waals surface area (Å²) in [6.07, 6.45) is -0.552.